The minimum Gasteiger partial charge on any atom is -0.299 e. The van der Waals surface area contributed by atoms with E-state index < -0.39 is 0 Å². The maximum atomic E-state index is 11.7. The smallest absolute Gasteiger partial charge is 0.138 e. The predicted octanol–water partition coefficient (Wildman–Crippen LogP) is 3.31. The van der Waals surface area contributed by atoms with E-state index in [1.807, 2.05) is 0 Å². The van der Waals surface area contributed by atoms with Gasteiger partial charge in [-0.25, -0.2) is 0 Å². The van der Waals surface area contributed by atoms with E-state index in [0.29, 0.717) is 17.9 Å². The summed E-state index contributed by atoms with van der Waals surface area (Å²) in [5.41, 5.74) is 1.41. The molecule has 0 amide bonds. The first-order valence-electron chi connectivity index (χ1n) is 7.42. The molecule has 0 N–H and O–H groups in total. The van der Waals surface area contributed by atoms with Gasteiger partial charge in [0.05, 0.1) is 0 Å². The molecule has 1 saturated heterocycles. The van der Waals surface area contributed by atoms with E-state index in [4.69, 9.17) is 0 Å². The van der Waals surface area contributed by atoms with Crippen LogP contribution in [0.25, 0.3) is 0 Å². The number of hydrogen-bond acceptors (Lipinski definition) is 2. The van der Waals surface area contributed by atoms with E-state index in [1.165, 1.54) is 5.56 Å². The lowest BCUT2D eigenvalue weighted by molar-refractivity contribution is -0.128. The van der Waals surface area contributed by atoms with E-state index in [1.54, 1.807) is 0 Å². The lowest BCUT2D eigenvalue weighted by atomic mass is 9.89. The molecule has 3 unspecified atom stereocenters. The van der Waals surface area contributed by atoms with Crippen LogP contribution in [-0.2, 0) is 11.2 Å². The highest BCUT2D eigenvalue weighted by Crippen LogP contribution is 2.24. The summed E-state index contributed by atoms with van der Waals surface area (Å²) >= 11 is 0. The summed E-state index contributed by atoms with van der Waals surface area (Å²) in [6, 6.07) is 11.6. The van der Waals surface area contributed by atoms with E-state index in [2.05, 4.69) is 56.0 Å². The molecular formula is C17H25NO. The molecule has 0 aliphatic carbocycles. The number of hydrogen-bond donors (Lipinski definition) is 0. The van der Waals surface area contributed by atoms with Crippen molar-refractivity contribution in [2.75, 3.05) is 6.54 Å². The van der Waals surface area contributed by atoms with Crippen molar-refractivity contribution in [2.24, 2.45) is 5.92 Å². The second-order valence-electron chi connectivity index (χ2n) is 5.86. The molecule has 1 aromatic carbocycles. The van der Waals surface area contributed by atoms with E-state index in [0.717, 1.165) is 25.8 Å². The van der Waals surface area contributed by atoms with Gasteiger partial charge in [0.25, 0.3) is 0 Å². The fourth-order valence-electron chi connectivity index (χ4n) is 3.03. The Labute approximate surface area is 116 Å². The van der Waals surface area contributed by atoms with Crippen molar-refractivity contribution >= 4 is 5.78 Å². The molecule has 0 aromatic heterocycles. The Morgan fingerprint density at radius 3 is 2.63 bits per heavy atom. The van der Waals surface area contributed by atoms with Crippen LogP contribution in [0.15, 0.2) is 30.3 Å². The van der Waals surface area contributed by atoms with Gasteiger partial charge < -0.3 is 0 Å². The monoisotopic (exact) mass is 259 g/mol. The lowest BCUT2D eigenvalue weighted by Gasteiger charge is -2.41. The zero-order valence-electron chi connectivity index (χ0n) is 12.3. The Kier molecular flexibility index (Phi) is 4.76. The highest BCUT2D eigenvalue weighted by atomic mass is 16.1. The predicted molar refractivity (Wildman–Crippen MR) is 79.2 cm³/mol. The Morgan fingerprint density at radius 1 is 1.26 bits per heavy atom. The van der Waals surface area contributed by atoms with Crippen LogP contribution < -0.4 is 0 Å². The van der Waals surface area contributed by atoms with Gasteiger partial charge in [0, 0.05) is 31.0 Å². The van der Waals surface area contributed by atoms with Gasteiger partial charge in [-0.05, 0) is 32.3 Å². The number of piperidine rings is 1. The number of carbonyl (C=O) groups excluding carboxylic acids is 1. The van der Waals surface area contributed by atoms with Crippen molar-refractivity contribution in [3.63, 3.8) is 0 Å². The maximum absolute atomic E-state index is 11.7. The highest BCUT2D eigenvalue weighted by Gasteiger charge is 2.32. The quantitative estimate of drug-likeness (QED) is 0.827. The van der Waals surface area contributed by atoms with Crippen molar-refractivity contribution in [1.29, 1.82) is 0 Å². The molecule has 1 fully saturated rings. The number of carbonyl (C=O) groups is 1. The summed E-state index contributed by atoms with van der Waals surface area (Å²) in [4.78, 5) is 14.2. The largest absolute Gasteiger partial charge is 0.299 e. The minimum absolute atomic E-state index is 0.188. The van der Waals surface area contributed by atoms with Gasteiger partial charge in [-0.1, -0.05) is 37.3 Å². The van der Waals surface area contributed by atoms with Gasteiger partial charge in [0.15, 0.2) is 0 Å². The molecule has 1 aromatic rings. The Balaban J connectivity index is 1.89. The first-order chi connectivity index (χ1) is 9.09. The van der Waals surface area contributed by atoms with Crippen LogP contribution in [0, 0.1) is 5.92 Å². The molecule has 1 aliphatic heterocycles. The molecule has 2 rings (SSSR count). The summed E-state index contributed by atoms with van der Waals surface area (Å²) in [7, 11) is 0. The maximum Gasteiger partial charge on any atom is 0.138 e. The Bertz CT molecular complexity index is 415. The summed E-state index contributed by atoms with van der Waals surface area (Å²) in [6.45, 7) is 7.49. The third-order valence-electron chi connectivity index (χ3n) is 4.63. The molecule has 19 heavy (non-hydrogen) atoms. The lowest BCUT2D eigenvalue weighted by Crippen LogP contribution is -2.50. The second kappa shape index (κ2) is 6.33. The van der Waals surface area contributed by atoms with Crippen LogP contribution >= 0.6 is 0 Å². The Morgan fingerprint density at radius 2 is 1.95 bits per heavy atom. The van der Waals surface area contributed by atoms with Gasteiger partial charge in [-0.3, -0.25) is 9.69 Å². The van der Waals surface area contributed by atoms with Gasteiger partial charge in [0.1, 0.15) is 5.78 Å². The summed E-state index contributed by atoms with van der Waals surface area (Å²) in [5, 5.41) is 0. The van der Waals surface area contributed by atoms with Gasteiger partial charge in [-0.2, -0.15) is 0 Å². The molecule has 3 atom stereocenters. The van der Waals surface area contributed by atoms with Crippen LogP contribution in [0.2, 0.25) is 0 Å². The average Bonchev–Trinajstić information content (AvgIpc) is 2.43. The molecule has 0 spiro atoms. The topological polar surface area (TPSA) is 20.3 Å². The van der Waals surface area contributed by atoms with E-state index >= 15 is 0 Å². The fraction of sp³-hybridized carbons (Fsp3) is 0.588. The fourth-order valence-corrected chi connectivity index (χ4v) is 3.03. The molecule has 0 bridgehead atoms. The van der Waals surface area contributed by atoms with E-state index in [-0.39, 0.29) is 5.92 Å². The zero-order chi connectivity index (χ0) is 13.8. The standard InChI is InChI=1S/C17H25NO/c1-13(9-10-16-7-5-4-6-8-16)18-12-11-17(19)14(2)15(18)3/h4-8,13-15H,9-12H2,1-3H3. The van der Waals surface area contributed by atoms with Crippen molar-refractivity contribution < 1.29 is 4.79 Å². The normalized spacial score (nSPS) is 26.4. The molecule has 1 aliphatic rings. The summed E-state index contributed by atoms with van der Waals surface area (Å²) < 4.78 is 0. The highest BCUT2D eigenvalue weighted by molar-refractivity contribution is 5.82. The Hall–Kier alpha value is -1.15. The van der Waals surface area contributed by atoms with Gasteiger partial charge >= 0.3 is 0 Å². The summed E-state index contributed by atoms with van der Waals surface area (Å²) in [5.74, 6) is 0.618. The SMILES string of the molecule is CC1C(=O)CCN(C(C)CCc2ccccc2)C1C. The van der Waals surface area contributed by atoms with Crippen molar-refractivity contribution in [2.45, 2.75) is 52.1 Å². The first kappa shape index (κ1) is 14.3. The number of rotatable bonds is 4. The van der Waals surface area contributed by atoms with Crippen LogP contribution in [0.4, 0.5) is 0 Å². The van der Waals surface area contributed by atoms with Crippen LogP contribution in [0.1, 0.15) is 39.2 Å². The average molecular weight is 259 g/mol. The van der Waals surface area contributed by atoms with Crippen LogP contribution in [0.3, 0.4) is 0 Å². The summed E-state index contributed by atoms with van der Waals surface area (Å²) in [6.07, 6.45) is 3.00. The number of ketones is 1. The first-order valence-corrected chi connectivity index (χ1v) is 7.42. The second-order valence-corrected chi connectivity index (χ2v) is 5.86. The molecule has 104 valence electrons. The number of benzene rings is 1. The number of Topliss-reactive ketones (excluding diaryl/α,β-unsaturated/α-hetero) is 1. The third-order valence-corrected chi connectivity index (χ3v) is 4.63. The molecule has 1 heterocycles. The van der Waals surface area contributed by atoms with E-state index in [9.17, 15) is 4.79 Å². The molecular weight excluding hydrogens is 234 g/mol. The molecule has 2 nitrogen and oxygen atoms in total. The van der Waals surface area contributed by atoms with Crippen LogP contribution in [-0.4, -0.2) is 29.3 Å². The number of aryl methyl sites for hydroxylation is 1. The third kappa shape index (κ3) is 3.44. The zero-order valence-corrected chi connectivity index (χ0v) is 12.3. The molecule has 0 radical (unpaired) electrons. The molecule has 0 saturated carbocycles. The van der Waals surface area contributed by atoms with Crippen molar-refractivity contribution in [3.8, 4) is 0 Å². The number of nitrogens with zero attached hydrogens (tertiary/aromatic N) is 1. The van der Waals surface area contributed by atoms with Gasteiger partial charge in [-0.15, -0.1) is 0 Å². The molecule has 2 heteroatoms. The van der Waals surface area contributed by atoms with Gasteiger partial charge in [0.2, 0.25) is 0 Å². The number of likely N-dealkylation sites (tertiary alicyclic amines) is 1. The minimum atomic E-state index is 0.188. The van der Waals surface area contributed by atoms with Crippen LogP contribution in [0.5, 0.6) is 0 Å². The van der Waals surface area contributed by atoms with Crippen molar-refractivity contribution in [1.82, 2.24) is 4.90 Å². The van der Waals surface area contributed by atoms with Crippen molar-refractivity contribution in [3.05, 3.63) is 35.9 Å².